The third-order valence-electron chi connectivity index (χ3n) is 15.6. The minimum absolute atomic E-state index is 0.0739. The SMILES string of the molecule is CCCCCCC/C=C\CCCCCCCC(=O)OCC(COC(=O)CCCCCCCCCCCCCCCCCCCCC/C=C\CCCCCCCCCC)OC(=O)CCCCCCC/C=C\CCCCCCC. The molecular formula is C71H132O6. The summed E-state index contributed by atoms with van der Waals surface area (Å²) in [6.45, 7) is 6.66. The van der Waals surface area contributed by atoms with Crippen molar-refractivity contribution >= 4 is 17.9 Å². The third-order valence-corrected chi connectivity index (χ3v) is 15.6. The largest absolute Gasteiger partial charge is 0.462 e. The summed E-state index contributed by atoms with van der Waals surface area (Å²) in [6, 6.07) is 0. The molecule has 452 valence electrons. The van der Waals surface area contributed by atoms with Crippen LogP contribution in [0.25, 0.3) is 0 Å². The molecule has 0 heterocycles. The summed E-state index contributed by atoms with van der Waals surface area (Å²) in [6.07, 6.45) is 81.8. The number of hydrogen-bond acceptors (Lipinski definition) is 6. The number of rotatable bonds is 64. The average Bonchev–Trinajstić information content (AvgIpc) is 3.43. The molecule has 0 fully saturated rings. The highest BCUT2D eigenvalue weighted by Gasteiger charge is 2.19. The summed E-state index contributed by atoms with van der Waals surface area (Å²) in [7, 11) is 0. The minimum Gasteiger partial charge on any atom is -0.462 e. The number of hydrogen-bond donors (Lipinski definition) is 0. The molecule has 0 radical (unpaired) electrons. The van der Waals surface area contributed by atoms with E-state index in [-0.39, 0.29) is 31.1 Å². The van der Waals surface area contributed by atoms with E-state index in [1.165, 1.54) is 270 Å². The fourth-order valence-corrected chi connectivity index (χ4v) is 10.4. The number of unbranched alkanes of at least 4 members (excludes halogenated alkanes) is 47. The Bertz CT molecular complexity index is 1290. The summed E-state index contributed by atoms with van der Waals surface area (Å²) in [5.41, 5.74) is 0. The molecule has 0 aromatic carbocycles. The fraction of sp³-hybridized carbons (Fsp3) is 0.873. The van der Waals surface area contributed by atoms with E-state index in [1.807, 2.05) is 0 Å². The van der Waals surface area contributed by atoms with Crippen molar-refractivity contribution in [3.8, 4) is 0 Å². The highest BCUT2D eigenvalue weighted by atomic mass is 16.6. The molecule has 1 unspecified atom stereocenters. The van der Waals surface area contributed by atoms with Crippen LogP contribution in [0.2, 0.25) is 0 Å². The van der Waals surface area contributed by atoms with Crippen molar-refractivity contribution < 1.29 is 28.6 Å². The second kappa shape index (κ2) is 66.1. The van der Waals surface area contributed by atoms with Gasteiger partial charge in [0.2, 0.25) is 0 Å². The van der Waals surface area contributed by atoms with E-state index >= 15 is 0 Å². The Labute approximate surface area is 480 Å². The monoisotopic (exact) mass is 1080 g/mol. The Morgan fingerprint density at radius 2 is 0.429 bits per heavy atom. The van der Waals surface area contributed by atoms with E-state index < -0.39 is 6.10 Å². The second-order valence-electron chi connectivity index (χ2n) is 23.4. The molecule has 0 spiro atoms. The molecule has 0 N–H and O–H groups in total. The summed E-state index contributed by atoms with van der Waals surface area (Å²) in [5.74, 6) is -0.868. The molecule has 0 saturated carbocycles. The number of allylic oxidation sites excluding steroid dienone is 6. The quantitative estimate of drug-likeness (QED) is 0.0261. The smallest absolute Gasteiger partial charge is 0.306 e. The van der Waals surface area contributed by atoms with Crippen molar-refractivity contribution in [2.24, 2.45) is 0 Å². The highest BCUT2D eigenvalue weighted by Crippen LogP contribution is 2.18. The van der Waals surface area contributed by atoms with Crippen LogP contribution in [0.4, 0.5) is 0 Å². The van der Waals surface area contributed by atoms with Crippen LogP contribution in [0, 0.1) is 0 Å². The molecule has 0 aliphatic rings. The topological polar surface area (TPSA) is 78.9 Å². The van der Waals surface area contributed by atoms with Gasteiger partial charge in [-0.2, -0.15) is 0 Å². The van der Waals surface area contributed by atoms with Crippen molar-refractivity contribution in [1.82, 2.24) is 0 Å². The zero-order valence-electron chi connectivity index (χ0n) is 52.0. The standard InChI is InChI=1S/C71H132O6/c1-4-7-10-13-16-19-22-25-28-29-30-31-32-33-34-35-36-37-38-39-40-41-42-43-44-47-49-52-55-58-61-64-70(73)76-67-68(77-71(74)65-62-59-56-53-50-46-27-24-21-18-15-12-9-6-3)66-75-69(72)63-60-57-54-51-48-45-26-23-20-17-14-11-8-5-2/h23-24,26-27,29-30,68H,4-22,25,28,31-67H2,1-3H3/b26-23-,27-24-,30-29-. The maximum absolute atomic E-state index is 12.9. The Morgan fingerprint density at radius 3 is 0.649 bits per heavy atom. The Morgan fingerprint density at radius 1 is 0.247 bits per heavy atom. The molecule has 0 aliphatic carbocycles. The lowest BCUT2D eigenvalue weighted by atomic mass is 10.0. The fourth-order valence-electron chi connectivity index (χ4n) is 10.4. The van der Waals surface area contributed by atoms with E-state index in [0.717, 1.165) is 70.6 Å². The van der Waals surface area contributed by atoms with E-state index in [0.29, 0.717) is 19.3 Å². The predicted molar refractivity (Wildman–Crippen MR) is 335 cm³/mol. The summed E-state index contributed by atoms with van der Waals surface area (Å²) < 4.78 is 16.9. The maximum Gasteiger partial charge on any atom is 0.306 e. The molecule has 6 heteroatoms. The first kappa shape index (κ1) is 74.6. The number of esters is 3. The van der Waals surface area contributed by atoms with Gasteiger partial charge < -0.3 is 14.2 Å². The lowest BCUT2D eigenvalue weighted by molar-refractivity contribution is -0.167. The zero-order chi connectivity index (χ0) is 55.7. The Kier molecular flexibility index (Phi) is 64.1. The minimum atomic E-state index is -0.778. The van der Waals surface area contributed by atoms with Crippen molar-refractivity contribution in [1.29, 1.82) is 0 Å². The van der Waals surface area contributed by atoms with Gasteiger partial charge in [0.05, 0.1) is 0 Å². The first-order valence-corrected chi connectivity index (χ1v) is 34.5. The van der Waals surface area contributed by atoms with Crippen molar-refractivity contribution in [2.45, 2.75) is 386 Å². The van der Waals surface area contributed by atoms with Gasteiger partial charge in [0.15, 0.2) is 6.10 Å². The van der Waals surface area contributed by atoms with Crippen LogP contribution in [0.15, 0.2) is 36.5 Å². The molecule has 0 saturated heterocycles. The van der Waals surface area contributed by atoms with Gasteiger partial charge in [-0.15, -0.1) is 0 Å². The number of ether oxygens (including phenoxy) is 3. The van der Waals surface area contributed by atoms with E-state index in [4.69, 9.17) is 14.2 Å². The first-order valence-electron chi connectivity index (χ1n) is 34.5. The average molecular weight is 1080 g/mol. The lowest BCUT2D eigenvalue weighted by Gasteiger charge is -2.18. The number of carbonyl (C=O) groups excluding carboxylic acids is 3. The zero-order valence-corrected chi connectivity index (χ0v) is 52.0. The van der Waals surface area contributed by atoms with Gasteiger partial charge in [0.25, 0.3) is 0 Å². The van der Waals surface area contributed by atoms with E-state index in [1.54, 1.807) is 0 Å². The van der Waals surface area contributed by atoms with Crippen LogP contribution in [-0.4, -0.2) is 37.2 Å². The number of carbonyl (C=O) groups is 3. The summed E-state index contributed by atoms with van der Waals surface area (Å²) in [5, 5.41) is 0. The van der Waals surface area contributed by atoms with Gasteiger partial charge in [-0.25, -0.2) is 0 Å². The van der Waals surface area contributed by atoms with E-state index in [9.17, 15) is 14.4 Å². The molecule has 1 atom stereocenters. The summed E-state index contributed by atoms with van der Waals surface area (Å²) >= 11 is 0. The van der Waals surface area contributed by atoms with Crippen LogP contribution in [0.5, 0.6) is 0 Å². The second-order valence-corrected chi connectivity index (χ2v) is 23.4. The van der Waals surface area contributed by atoms with Crippen LogP contribution in [0.3, 0.4) is 0 Å². The van der Waals surface area contributed by atoms with Gasteiger partial charge in [0.1, 0.15) is 13.2 Å². The molecule has 0 rings (SSSR count). The first-order chi connectivity index (χ1) is 38.0. The van der Waals surface area contributed by atoms with Crippen LogP contribution < -0.4 is 0 Å². The Hall–Kier alpha value is -2.37. The molecule has 77 heavy (non-hydrogen) atoms. The molecule has 0 aromatic heterocycles. The van der Waals surface area contributed by atoms with Gasteiger partial charge in [-0.1, -0.05) is 301 Å². The van der Waals surface area contributed by atoms with Crippen molar-refractivity contribution in [3.63, 3.8) is 0 Å². The molecule has 6 nitrogen and oxygen atoms in total. The van der Waals surface area contributed by atoms with Gasteiger partial charge in [-0.3, -0.25) is 14.4 Å². The Balaban J connectivity index is 4.12. The third kappa shape index (κ3) is 64.3. The van der Waals surface area contributed by atoms with Gasteiger partial charge in [-0.05, 0) is 96.3 Å². The molecule has 0 amide bonds. The molecular weight excluding hydrogens is 949 g/mol. The predicted octanol–water partition coefficient (Wildman–Crippen LogP) is 23.6. The van der Waals surface area contributed by atoms with Crippen LogP contribution in [-0.2, 0) is 28.6 Å². The van der Waals surface area contributed by atoms with Gasteiger partial charge in [0, 0.05) is 19.3 Å². The maximum atomic E-state index is 12.9. The van der Waals surface area contributed by atoms with Crippen molar-refractivity contribution in [2.75, 3.05) is 13.2 Å². The lowest BCUT2D eigenvalue weighted by Crippen LogP contribution is -2.30. The molecule has 0 aromatic rings. The van der Waals surface area contributed by atoms with Gasteiger partial charge >= 0.3 is 17.9 Å². The van der Waals surface area contributed by atoms with E-state index in [2.05, 4.69) is 57.2 Å². The van der Waals surface area contributed by atoms with Crippen molar-refractivity contribution in [3.05, 3.63) is 36.5 Å². The normalized spacial score (nSPS) is 12.2. The summed E-state index contributed by atoms with van der Waals surface area (Å²) in [4.78, 5) is 38.3. The highest BCUT2D eigenvalue weighted by molar-refractivity contribution is 5.71. The molecule has 0 bridgehead atoms. The molecule has 0 aliphatic heterocycles. The van der Waals surface area contributed by atoms with Crippen LogP contribution in [0.1, 0.15) is 380 Å². The van der Waals surface area contributed by atoms with Crippen LogP contribution >= 0.6 is 0 Å².